The molecule has 3 heterocycles. The molecule has 3 aromatic heterocycles. The lowest BCUT2D eigenvalue weighted by Crippen LogP contribution is -1.99. The van der Waals surface area contributed by atoms with Gasteiger partial charge in [0.05, 0.1) is 11.4 Å². The van der Waals surface area contributed by atoms with Crippen molar-refractivity contribution in [3.63, 3.8) is 0 Å². The van der Waals surface area contributed by atoms with Gasteiger partial charge in [0.2, 0.25) is 0 Å². The third-order valence-electron chi connectivity index (χ3n) is 11.7. The Bertz CT molecular complexity index is 3450. The molecule has 12 rings (SSSR count). The van der Waals surface area contributed by atoms with Crippen LogP contribution in [0.5, 0.6) is 0 Å². The first-order chi connectivity index (χ1) is 29.7. The summed E-state index contributed by atoms with van der Waals surface area (Å²) in [5.74, 6) is 0.615. The van der Waals surface area contributed by atoms with Crippen molar-refractivity contribution in [3.05, 3.63) is 206 Å². The van der Waals surface area contributed by atoms with Gasteiger partial charge in [-0.2, -0.15) is 0 Å². The normalized spacial score (nSPS) is 11.7. The Balaban J connectivity index is 1.15. The third-order valence-corrected chi connectivity index (χ3v) is 11.7. The van der Waals surface area contributed by atoms with Crippen molar-refractivity contribution in [2.45, 2.75) is 0 Å². The number of furan rings is 2. The Morgan fingerprint density at radius 1 is 0.300 bits per heavy atom. The number of fused-ring (bicyclic) bond motifs is 7. The van der Waals surface area contributed by atoms with Crippen LogP contribution < -0.4 is 0 Å². The summed E-state index contributed by atoms with van der Waals surface area (Å²) in [6.45, 7) is 0. The van der Waals surface area contributed by atoms with Crippen molar-refractivity contribution in [1.29, 1.82) is 0 Å². The number of hydrogen-bond donors (Lipinski definition) is 0. The zero-order chi connectivity index (χ0) is 39.6. The van der Waals surface area contributed by atoms with E-state index in [1.807, 2.05) is 30.3 Å². The van der Waals surface area contributed by atoms with Crippen molar-refractivity contribution in [1.82, 2.24) is 9.97 Å². The molecule has 0 N–H and O–H groups in total. The minimum atomic E-state index is 0.615. The lowest BCUT2D eigenvalue weighted by molar-refractivity contribution is 0.669. The molecule has 0 unspecified atom stereocenters. The summed E-state index contributed by atoms with van der Waals surface area (Å²) in [4.78, 5) is 11.0. The maximum Gasteiger partial charge on any atom is 0.161 e. The molecule has 0 spiro atoms. The van der Waals surface area contributed by atoms with E-state index in [9.17, 15) is 0 Å². The fraction of sp³-hybridized carbons (Fsp3) is 0. The lowest BCUT2D eigenvalue weighted by Gasteiger charge is -2.16. The molecular formula is C56H34N2O2. The first kappa shape index (κ1) is 34.0. The number of aromatic nitrogens is 2. The molecule has 9 aromatic carbocycles. The molecule has 0 bridgehead atoms. The van der Waals surface area contributed by atoms with Gasteiger partial charge in [-0.1, -0.05) is 170 Å². The van der Waals surface area contributed by atoms with Crippen LogP contribution in [0.25, 0.3) is 122 Å². The van der Waals surface area contributed by atoms with Crippen LogP contribution in [0.15, 0.2) is 215 Å². The average Bonchev–Trinajstić information content (AvgIpc) is 3.90. The Hall–Kier alpha value is -8.08. The second-order valence-corrected chi connectivity index (χ2v) is 15.3. The van der Waals surface area contributed by atoms with Crippen LogP contribution in [-0.2, 0) is 0 Å². The largest absolute Gasteiger partial charge is 0.455 e. The van der Waals surface area contributed by atoms with Crippen LogP contribution in [0, 0.1) is 0 Å². The quantitative estimate of drug-likeness (QED) is 0.169. The fourth-order valence-electron chi connectivity index (χ4n) is 8.83. The molecule has 0 saturated carbocycles. The van der Waals surface area contributed by atoms with Gasteiger partial charge in [0.15, 0.2) is 5.82 Å². The highest BCUT2D eigenvalue weighted by Crippen LogP contribution is 2.43. The van der Waals surface area contributed by atoms with Gasteiger partial charge in [0.25, 0.3) is 0 Å². The monoisotopic (exact) mass is 766 g/mol. The van der Waals surface area contributed by atoms with Crippen molar-refractivity contribution >= 4 is 54.6 Å². The standard InChI is InChI=1S/C56H34N2O2/c1-3-13-35(14-4-1)37-25-27-38(28-26-37)41-32-30-40-33-39(36-15-5-2-6-16-36)29-31-42(40)53(41)56-57-49(47-21-11-19-45-43-17-7-9-23-51(43)59-54(45)47)34-50(58-56)48-22-12-20-46-44-18-8-10-24-52(44)60-55(46)48/h1-34H. The molecule has 0 fully saturated rings. The summed E-state index contributed by atoms with van der Waals surface area (Å²) in [6.07, 6.45) is 0. The first-order valence-electron chi connectivity index (χ1n) is 20.2. The van der Waals surface area contributed by atoms with Crippen molar-refractivity contribution in [2.75, 3.05) is 0 Å². The summed E-state index contributed by atoms with van der Waals surface area (Å²) in [5.41, 5.74) is 14.3. The molecule has 4 heteroatoms. The second kappa shape index (κ2) is 13.8. The summed E-state index contributed by atoms with van der Waals surface area (Å²) >= 11 is 0. The summed E-state index contributed by atoms with van der Waals surface area (Å²) in [5, 5.41) is 6.39. The van der Waals surface area contributed by atoms with Crippen LogP contribution in [0.3, 0.4) is 0 Å². The molecule has 0 saturated heterocycles. The Morgan fingerprint density at radius 3 is 1.38 bits per heavy atom. The number of hydrogen-bond acceptors (Lipinski definition) is 4. The minimum absolute atomic E-state index is 0.615. The molecule has 0 aliphatic heterocycles. The van der Waals surface area contributed by atoms with E-state index >= 15 is 0 Å². The highest BCUT2D eigenvalue weighted by atomic mass is 16.3. The molecule has 12 aromatic rings. The summed E-state index contributed by atoms with van der Waals surface area (Å²) < 4.78 is 13.3. The smallest absolute Gasteiger partial charge is 0.161 e. The van der Waals surface area contributed by atoms with E-state index in [1.54, 1.807) is 0 Å². The molecule has 0 aliphatic rings. The van der Waals surface area contributed by atoms with Crippen LogP contribution >= 0.6 is 0 Å². The van der Waals surface area contributed by atoms with Crippen LogP contribution in [0.2, 0.25) is 0 Å². The van der Waals surface area contributed by atoms with Crippen LogP contribution in [0.1, 0.15) is 0 Å². The van der Waals surface area contributed by atoms with E-state index in [4.69, 9.17) is 18.8 Å². The van der Waals surface area contributed by atoms with Crippen molar-refractivity contribution in [2.24, 2.45) is 0 Å². The van der Waals surface area contributed by atoms with E-state index in [-0.39, 0.29) is 0 Å². The van der Waals surface area contributed by atoms with Gasteiger partial charge in [0, 0.05) is 38.2 Å². The Kier molecular flexibility index (Phi) is 7.82. The fourth-order valence-corrected chi connectivity index (χ4v) is 8.83. The molecule has 0 aliphatic carbocycles. The van der Waals surface area contributed by atoms with Crippen LogP contribution in [0.4, 0.5) is 0 Å². The second-order valence-electron chi connectivity index (χ2n) is 15.3. The Morgan fingerprint density at radius 2 is 0.783 bits per heavy atom. The third kappa shape index (κ3) is 5.61. The summed E-state index contributed by atoms with van der Waals surface area (Å²) in [6, 6.07) is 72.1. The predicted molar refractivity (Wildman–Crippen MR) is 247 cm³/mol. The molecule has 60 heavy (non-hydrogen) atoms. The highest BCUT2D eigenvalue weighted by Gasteiger charge is 2.22. The SMILES string of the molecule is c1ccc(-c2ccc(-c3ccc4cc(-c5ccccc5)ccc4c3-c3nc(-c4cccc5c4oc4ccccc45)cc(-c4cccc5c4oc4ccccc45)n3)cc2)cc1. The van der Waals surface area contributed by atoms with E-state index in [1.165, 1.54) is 11.1 Å². The number of rotatable bonds is 6. The maximum absolute atomic E-state index is 6.63. The molecule has 4 nitrogen and oxygen atoms in total. The maximum atomic E-state index is 6.63. The van der Waals surface area contributed by atoms with Gasteiger partial charge in [-0.05, 0) is 80.6 Å². The predicted octanol–water partition coefficient (Wildman–Crippen LogP) is 15.4. The van der Waals surface area contributed by atoms with Gasteiger partial charge in [-0.15, -0.1) is 0 Å². The topological polar surface area (TPSA) is 52.1 Å². The first-order valence-corrected chi connectivity index (χ1v) is 20.2. The average molecular weight is 767 g/mol. The van der Waals surface area contributed by atoms with Crippen molar-refractivity contribution < 1.29 is 8.83 Å². The minimum Gasteiger partial charge on any atom is -0.455 e. The van der Waals surface area contributed by atoms with E-state index in [0.717, 1.165) is 105 Å². The highest BCUT2D eigenvalue weighted by molar-refractivity contribution is 6.12. The molecule has 0 atom stereocenters. The number of nitrogens with zero attached hydrogens (tertiary/aromatic N) is 2. The zero-order valence-electron chi connectivity index (χ0n) is 32.3. The van der Waals surface area contributed by atoms with Gasteiger partial charge in [-0.25, -0.2) is 9.97 Å². The number of benzene rings is 9. The van der Waals surface area contributed by atoms with Gasteiger partial charge in [-0.3, -0.25) is 0 Å². The molecule has 0 amide bonds. The molecule has 280 valence electrons. The van der Waals surface area contributed by atoms with E-state index in [2.05, 4.69) is 176 Å². The van der Waals surface area contributed by atoms with Gasteiger partial charge >= 0.3 is 0 Å². The molecule has 0 radical (unpaired) electrons. The molecular weight excluding hydrogens is 733 g/mol. The van der Waals surface area contributed by atoms with Gasteiger partial charge < -0.3 is 8.83 Å². The van der Waals surface area contributed by atoms with Gasteiger partial charge in [0.1, 0.15) is 22.3 Å². The number of para-hydroxylation sites is 4. The summed E-state index contributed by atoms with van der Waals surface area (Å²) in [7, 11) is 0. The van der Waals surface area contributed by atoms with E-state index in [0.29, 0.717) is 5.82 Å². The lowest BCUT2D eigenvalue weighted by atomic mass is 9.91. The Labute approximate surface area is 345 Å². The van der Waals surface area contributed by atoms with E-state index < -0.39 is 0 Å². The zero-order valence-corrected chi connectivity index (χ0v) is 32.3. The van der Waals surface area contributed by atoms with Crippen LogP contribution in [-0.4, -0.2) is 9.97 Å². The van der Waals surface area contributed by atoms with Crippen molar-refractivity contribution in [3.8, 4) is 67.3 Å².